The van der Waals surface area contributed by atoms with Gasteiger partial charge in [-0.1, -0.05) is 25.5 Å². The largest absolute Gasteiger partial charge is 0.497 e. The zero-order valence-corrected chi connectivity index (χ0v) is 13.0. The maximum Gasteiger partial charge on any atom is 0.147 e. The molecule has 0 saturated heterocycles. The van der Waals surface area contributed by atoms with E-state index in [4.69, 9.17) is 10.5 Å². The number of hydrogen-bond acceptors (Lipinski definition) is 4. The predicted molar refractivity (Wildman–Crippen MR) is 86.8 cm³/mol. The number of benzene rings is 1. The van der Waals surface area contributed by atoms with E-state index in [2.05, 4.69) is 29.5 Å². The Balaban J connectivity index is 1.97. The van der Waals surface area contributed by atoms with Crippen molar-refractivity contribution in [3.63, 3.8) is 0 Å². The molecule has 1 aromatic carbocycles. The van der Waals surface area contributed by atoms with Crippen LogP contribution in [0.15, 0.2) is 24.3 Å². The first-order chi connectivity index (χ1) is 10.2. The number of methoxy groups -OCH3 is 1. The second kappa shape index (κ2) is 7.02. The third-order valence-corrected chi connectivity index (χ3v) is 3.49. The quantitative estimate of drug-likeness (QED) is 0.822. The van der Waals surface area contributed by atoms with Crippen molar-refractivity contribution < 1.29 is 4.74 Å². The molecule has 0 aliphatic heterocycles. The van der Waals surface area contributed by atoms with Crippen LogP contribution >= 0.6 is 0 Å². The number of rotatable bonds is 7. The van der Waals surface area contributed by atoms with Crippen LogP contribution in [0, 0.1) is 0 Å². The maximum absolute atomic E-state index is 6.15. The number of nitrogen functional groups attached to an aromatic ring is 1. The molecule has 2 aromatic rings. The van der Waals surface area contributed by atoms with Crippen molar-refractivity contribution in [1.82, 2.24) is 9.78 Å². The minimum absolute atomic E-state index is 0.769. The first kappa shape index (κ1) is 15.2. The van der Waals surface area contributed by atoms with Crippen molar-refractivity contribution in [1.29, 1.82) is 0 Å². The summed E-state index contributed by atoms with van der Waals surface area (Å²) in [5.74, 6) is 1.79. The van der Waals surface area contributed by atoms with Crippen molar-refractivity contribution in [3.05, 3.63) is 35.5 Å². The zero-order chi connectivity index (χ0) is 15.2. The number of aromatic nitrogens is 2. The van der Waals surface area contributed by atoms with Gasteiger partial charge in [-0.2, -0.15) is 5.10 Å². The van der Waals surface area contributed by atoms with E-state index in [9.17, 15) is 0 Å². The Morgan fingerprint density at radius 1 is 1.33 bits per heavy atom. The Hall–Kier alpha value is -2.17. The molecule has 5 nitrogen and oxygen atoms in total. The highest BCUT2D eigenvalue weighted by Gasteiger charge is 2.11. The summed E-state index contributed by atoms with van der Waals surface area (Å²) in [4.78, 5) is 0. The molecule has 1 aromatic heterocycles. The van der Waals surface area contributed by atoms with Gasteiger partial charge in [-0.05, 0) is 30.5 Å². The van der Waals surface area contributed by atoms with Crippen LogP contribution in [0.5, 0.6) is 5.75 Å². The molecule has 0 aliphatic rings. The summed E-state index contributed by atoms with van der Waals surface area (Å²) in [5.41, 5.74) is 9.13. The van der Waals surface area contributed by atoms with Crippen LogP contribution < -0.4 is 15.8 Å². The van der Waals surface area contributed by atoms with Crippen LogP contribution in [0.3, 0.4) is 0 Å². The lowest BCUT2D eigenvalue weighted by Gasteiger charge is -2.08. The van der Waals surface area contributed by atoms with Gasteiger partial charge in [0, 0.05) is 13.6 Å². The van der Waals surface area contributed by atoms with Gasteiger partial charge in [-0.15, -0.1) is 0 Å². The SMILES string of the molecule is CCCc1nn(C)c(NCCc2cccc(OC)c2)c1N. The van der Waals surface area contributed by atoms with Gasteiger partial charge in [0.15, 0.2) is 0 Å². The lowest BCUT2D eigenvalue weighted by Crippen LogP contribution is -2.10. The van der Waals surface area contributed by atoms with E-state index in [-0.39, 0.29) is 0 Å². The fourth-order valence-corrected chi connectivity index (χ4v) is 2.38. The van der Waals surface area contributed by atoms with Gasteiger partial charge in [-0.3, -0.25) is 4.68 Å². The fourth-order valence-electron chi connectivity index (χ4n) is 2.38. The van der Waals surface area contributed by atoms with Crippen LogP contribution in [0.1, 0.15) is 24.6 Å². The Kier molecular flexibility index (Phi) is 5.09. The third-order valence-electron chi connectivity index (χ3n) is 3.49. The molecule has 0 spiro atoms. The summed E-state index contributed by atoms with van der Waals surface area (Å²) in [5, 5.41) is 7.84. The van der Waals surface area contributed by atoms with Gasteiger partial charge in [0.1, 0.15) is 11.6 Å². The number of aryl methyl sites for hydroxylation is 2. The van der Waals surface area contributed by atoms with Gasteiger partial charge < -0.3 is 15.8 Å². The molecule has 0 radical (unpaired) electrons. The van der Waals surface area contributed by atoms with Crippen molar-refractivity contribution in [2.24, 2.45) is 7.05 Å². The van der Waals surface area contributed by atoms with Gasteiger partial charge >= 0.3 is 0 Å². The Labute approximate surface area is 126 Å². The van der Waals surface area contributed by atoms with Crippen molar-refractivity contribution in [2.45, 2.75) is 26.2 Å². The average molecular weight is 288 g/mol. The highest BCUT2D eigenvalue weighted by Crippen LogP contribution is 2.23. The molecule has 2 rings (SSSR count). The van der Waals surface area contributed by atoms with Crippen LogP contribution in [0.25, 0.3) is 0 Å². The number of anilines is 2. The molecular formula is C16H24N4O. The molecule has 0 fully saturated rings. The lowest BCUT2D eigenvalue weighted by atomic mass is 10.1. The van der Waals surface area contributed by atoms with Gasteiger partial charge in [0.25, 0.3) is 0 Å². The predicted octanol–water partition coefficient (Wildman–Crippen LogP) is 2.62. The van der Waals surface area contributed by atoms with E-state index in [0.717, 1.165) is 48.8 Å². The third kappa shape index (κ3) is 3.68. The number of nitrogens with one attached hydrogen (secondary N) is 1. The molecule has 1 heterocycles. The van der Waals surface area contributed by atoms with E-state index in [1.165, 1.54) is 5.56 Å². The van der Waals surface area contributed by atoms with Gasteiger partial charge in [0.2, 0.25) is 0 Å². The van der Waals surface area contributed by atoms with Crippen LogP contribution in [0.4, 0.5) is 11.5 Å². The van der Waals surface area contributed by atoms with E-state index in [1.54, 1.807) is 7.11 Å². The fraction of sp³-hybridized carbons (Fsp3) is 0.438. The van der Waals surface area contributed by atoms with Crippen LogP contribution in [-0.2, 0) is 19.9 Å². The molecule has 114 valence electrons. The second-order valence-corrected chi connectivity index (χ2v) is 5.11. The first-order valence-electron chi connectivity index (χ1n) is 7.33. The normalized spacial score (nSPS) is 10.6. The molecule has 3 N–H and O–H groups in total. The number of ether oxygens (including phenoxy) is 1. The molecule has 0 bridgehead atoms. The number of nitrogens with zero attached hydrogens (tertiary/aromatic N) is 2. The van der Waals surface area contributed by atoms with Gasteiger partial charge in [0.05, 0.1) is 18.5 Å². The topological polar surface area (TPSA) is 65.1 Å². The first-order valence-corrected chi connectivity index (χ1v) is 7.33. The standard InChI is InChI=1S/C16H24N4O/c1-4-6-14-15(17)16(20(2)19-14)18-10-9-12-7-5-8-13(11-12)21-3/h5,7-8,11,18H,4,6,9-10,17H2,1-3H3. The highest BCUT2D eigenvalue weighted by molar-refractivity contribution is 5.65. The Bertz CT molecular complexity index is 592. The van der Waals surface area contributed by atoms with E-state index >= 15 is 0 Å². The van der Waals surface area contributed by atoms with Crippen molar-refractivity contribution in [2.75, 3.05) is 24.7 Å². The smallest absolute Gasteiger partial charge is 0.147 e. The molecule has 0 atom stereocenters. The summed E-state index contributed by atoms with van der Waals surface area (Å²) < 4.78 is 7.06. The van der Waals surface area contributed by atoms with Crippen molar-refractivity contribution >= 4 is 11.5 Å². The van der Waals surface area contributed by atoms with E-state index in [1.807, 2.05) is 23.9 Å². The molecule has 21 heavy (non-hydrogen) atoms. The molecule has 0 amide bonds. The zero-order valence-electron chi connectivity index (χ0n) is 13.0. The average Bonchev–Trinajstić information content (AvgIpc) is 2.75. The van der Waals surface area contributed by atoms with Crippen LogP contribution in [-0.4, -0.2) is 23.4 Å². The summed E-state index contributed by atoms with van der Waals surface area (Å²) in [7, 11) is 3.60. The van der Waals surface area contributed by atoms with E-state index < -0.39 is 0 Å². The maximum atomic E-state index is 6.15. The summed E-state index contributed by atoms with van der Waals surface area (Å²) >= 11 is 0. The summed E-state index contributed by atoms with van der Waals surface area (Å²) in [6.07, 6.45) is 2.87. The van der Waals surface area contributed by atoms with Crippen LogP contribution in [0.2, 0.25) is 0 Å². The van der Waals surface area contributed by atoms with E-state index in [0.29, 0.717) is 0 Å². The minimum Gasteiger partial charge on any atom is -0.497 e. The monoisotopic (exact) mass is 288 g/mol. The summed E-state index contributed by atoms with van der Waals surface area (Å²) in [6.45, 7) is 2.94. The molecule has 5 heteroatoms. The lowest BCUT2D eigenvalue weighted by molar-refractivity contribution is 0.414. The van der Waals surface area contributed by atoms with Crippen molar-refractivity contribution in [3.8, 4) is 5.75 Å². The highest BCUT2D eigenvalue weighted by atomic mass is 16.5. The minimum atomic E-state index is 0.769. The molecule has 0 saturated carbocycles. The Morgan fingerprint density at radius 3 is 2.86 bits per heavy atom. The molecule has 0 aliphatic carbocycles. The van der Waals surface area contributed by atoms with Gasteiger partial charge in [-0.25, -0.2) is 0 Å². The molecule has 0 unspecified atom stereocenters. The second-order valence-electron chi connectivity index (χ2n) is 5.11. The number of hydrogen-bond donors (Lipinski definition) is 2. The molecular weight excluding hydrogens is 264 g/mol. The Morgan fingerprint density at radius 2 is 2.14 bits per heavy atom. The summed E-state index contributed by atoms with van der Waals surface area (Å²) in [6, 6.07) is 8.11. The number of nitrogens with two attached hydrogens (primary N) is 1.